The van der Waals surface area contributed by atoms with Crippen molar-refractivity contribution in [3.05, 3.63) is 83.1 Å². The van der Waals surface area contributed by atoms with Crippen molar-refractivity contribution >= 4 is 12.0 Å². The summed E-state index contributed by atoms with van der Waals surface area (Å²) in [6.07, 6.45) is -1.32. The second kappa shape index (κ2) is 7.13. The first kappa shape index (κ1) is 18.5. The van der Waals surface area contributed by atoms with Crippen molar-refractivity contribution in [2.45, 2.75) is 18.6 Å². The average molecular weight is 367 g/mol. The summed E-state index contributed by atoms with van der Waals surface area (Å²) in [7, 11) is 1.28. The van der Waals surface area contributed by atoms with Crippen molar-refractivity contribution in [1.29, 1.82) is 0 Å². The maximum atomic E-state index is 12.8. The van der Waals surface area contributed by atoms with Crippen LogP contribution in [0.25, 0.3) is 0 Å². The van der Waals surface area contributed by atoms with Crippen LogP contribution in [-0.4, -0.2) is 35.5 Å². The predicted molar refractivity (Wildman–Crippen MR) is 98.9 cm³/mol. The Hall–Kier alpha value is -3.32. The Balaban J connectivity index is 2.36. The normalized spacial score (nSPS) is 18.3. The second-order valence-corrected chi connectivity index (χ2v) is 6.21. The molecule has 1 unspecified atom stereocenters. The van der Waals surface area contributed by atoms with Crippen molar-refractivity contribution in [3.8, 4) is 0 Å². The van der Waals surface area contributed by atoms with Crippen LogP contribution in [0.15, 0.2) is 71.9 Å². The number of hydrogen-bond donors (Lipinski definition) is 3. The molecule has 1 aliphatic rings. The van der Waals surface area contributed by atoms with E-state index in [1.54, 1.807) is 6.92 Å². The lowest BCUT2D eigenvalue weighted by Gasteiger charge is -2.37. The van der Waals surface area contributed by atoms with E-state index in [9.17, 15) is 14.7 Å². The van der Waals surface area contributed by atoms with Gasteiger partial charge in [0.15, 0.2) is 6.23 Å². The number of urea groups is 1. The summed E-state index contributed by atoms with van der Waals surface area (Å²) in [4.78, 5) is 24.3. The van der Waals surface area contributed by atoms with Crippen molar-refractivity contribution in [2.75, 3.05) is 7.11 Å². The van der Waals surface area contributed by atoms with E-state index in [0.29, 0.717) is 16.8 Å². The predicted octanol–water partition coefficient (Wildman–Crippen LogP) is 1.64. The number of rotatable bonds is 4. The number of hydrogen-bond acceptors (Lipinski definition) is 5. The molecule has 27 heavy (non-hydrogen) atoms. The molecular weight excluding hydrogens is 346 g/mol. The largest absolute Gasteiger partial charge is 0.466 e. The molecule has 0 aliphatic carbocycles. The van der Waals surface area contributed by atoms with Crippen molar-refractivity contribution in [2.24, 2.45) is 5.73 Å². The van der Waals surface area contributed by atoms with Gasteiger partial charge >= 0.3 is 12.0 Å². The Kier molecular flexibility index (Phi) is 4.87. The highest BCUT2D eigenvalue weighted by Gasteiger charge is 2.57. The van der Waals surface area contributed by atoms with E-state index in [-0.39, 0.29) is 5.57 Å². The molecule has 0 radical (unpaired) electrons. The number of carbonyl (C=O) groups excluding carboxylic acids is 2. The van der Waals surface area contributed by atoms with Crippen LogP contribution in [0.5, 0.6) is 0 Å². The maximum absolute atomic E-state index is 12.8. The summed E-state index contributed by atoms with van der Waals surface area (Å²) in [5.74, 6) is -0.604. The molecule has 0 saturated carbocycles. The van der Waals surface area contributed by atoms with Gasteiger partial charge in [0.25, 0.3) is 0 Å². The van der Waals surface area contributed by atoms with Crippen LogP contribution in [-0.2, 0) is 14.9 Å². The average Bonchev–Trinajstić information content (AvgIpc) is 2.90. The minimum absolute atomic E-state index is 0.226. The summed E-state index contributed by atoms with van der Waals surface area (Å²) >= 11 is 0. The number of primary amides is 1. The third-order valence-corrected chi connectivity index (χ3v) is 4.83. The minimum Gasteiger partial charge on any atom is -0.466 e. The topological polar surface area (TPSA) is 105 Å². The summed E-state index contributed by atoms with van der Waals surface area (Å²) in [6, 6.07) is 17.4. The Morgan fingerprint density at radius 2 is 1.56 bits per heavy atom. The van der Waals surface area contributed by atoms with Crippen LogP contribution >= 0.6 is 0 Å². The summed E-state index contributed by atoms with van der Waals surface area (Å²) < 4.78 is 5.03. The first-order chi connectivity index (χ1) is 12.9. The van der Waals surface area contributed by atoms with Gasteiger partial charge in [-0.2, -0.15) is 0 Å². The molecule has 140 valence electrons. The zero-order valence-corrected chi connectivity index (χ0v) is 15.0. The van der Waals surface area contributed by atoms with Gasteiger partial charge in [-0.05, 0) is 18.1 Å². The zero-order chi connectivity index (χ0) is 19.6. The highest BCUT2D eigenvalue weighted by molar-refractivity contribution is 5.95. The molecule has 1 aliphatic heterocycles. The van der Waals surface area contributed by atoms with Gasteiger partial charge in [-0.15, -0.1) is 0 Å². The van der Waals surface area contributed by atoms with Crippen LogP contribution in [0.1, 0.15) is 18.1 Å². The molecule has 0 saturated heterocycles. The number of ether oxygens (including phenoxy) is 1. The van der Waals surface area contributed by atoms with E-state index in [0.717, 1.165) is 0 Å². The number of amides is 2. The molecule has 2 amide bonds. The van der Waals surface area contributed by atoms with Crippen LogP contribution in [0.4, 0.5) is 4.79 Å². The van der Waals surface area contributed by atoms with Crippen molar-refractivity contribution in [1.82, 2.24) is 10.4 Å². The minimum atomic E-state index is -1.32. The third kappa shape index (κ3) is 2.82. The summed E-state index contributed by atoms with van der Waals surface area (Å²) in [6.45, 7) is 1.62. The fourth-order valence-corrected chi connectivity index (χ4v) is 3.74. The van der Waals surface area contributed by atoms with E-state index >= 15 is 0 Å². The third-order valence-electron chi connectivity index (χ3n) is 4.83. The number of allylic oxidation sites excluding steroid dienone is 1. The molecule has 7 nitrogen and oxygen atoms in total. The van der Waals surface area contributed by atoms with Gasteiger partial charge < -0.3 is 15.6 Å². The van der Waals surface area contributed by atoms with Gasteiger partial charge in [-0.1, -0.05) is 60.7 Å². The Labute approximate surface area is 157 Å². The molecule has 2 aromatic carbocycles. The van der Waals surface area contributed by atoms with Crippen LogP contribution in [0, 0.1) is 0 Å². The van der Waals surface area contributed by atoms with Gasteiger partial charge in [-0.25, -0.2) is 15.0 Å². The molecule has 4 N–H and O–H groups in total. The number of esters is 1. The van der Waals surface area contributed by atoms with Crippen molar-refractivity contribution < 1.29 is 19.4 Å². The fourth-order valence-electron chi connectivity index (χ4n) is 3.74. The standard InChI is InChI=1S/C20H21N3O4/c1-13-16(17(24)27-2)20(14-9-5-3-6-10-14,15-11-7-4-8-12-15)18(25)23(13)22-19(21)26/h3-12,18,25H,1-2H3,(H3,21,22,26). The number of nitrogens with zero attached hydrogens (tertiary/aromatic N) is 1. The molecule has 3 rings (SSSR count). The first-order valence-electron chi connectivity index (χ1n) is 8.38. The van der Waals surface area contributed by atoms with E-state index < -0.39 is 23.6 Å². The zero-order valence-electron chi connectivity index (χ0n) is 15.0. The van der Waals surface area contributed by atoms with Crippen molar-refractivity contribution in [3.63, 3.8) is 0 Å². The molecule has 1 atom stereocenters. The van der Waals surface area contributed by atoms with Crippen LogP contribution < -0.4 is 11.2 Å². The lowest BCUT2D eigenvalue weighted by molar-refractivity contribution is -0.137. The Morgan fingerprint density at radius 1 is 1.07 bits per heavy atom. The van der Waals surface area contributed by atoms with Crippen LogP contribution in [0.3, 0.4) is 0 Å². The molecule has 7 heteroatoms. The summed E-state index contributed by atoms with van der Waals surface area (Å²) in [5.41, 5.74) is 8.33. The number of carbonyl (C=O) groups is 2. The molecule has 0 bridgehead atoms. The smallest absolute Gasteiger partial charge is 0.337 e. The van der Waals surface area contributed by atoms with Gasteiger partial charge in [0.2, 0.25) is 0 Å². The first-order valence-corrected chi connectivity index (χ1v) is 8.38. The summed E-state index contributed by atoms with van der Waals surface area (Å²) in [5, 5.41) is 12.5. The lowest BCUT2D eigenvalue weighted by Crippen LogP contribution is -2.53. The molecule has 2 aromatic rings. The number of aliphatic hydroxyl groups is 1. The van der Waals surface area contributed by atoms with E-state index in [1.807, 2.05) is 60.7 Å². The van der Waals surface area contributed by atoms with E-state index in [4.69, 9.17) is 10.5 Å². The van der Waals surface area contributed by atoms with E-state index in [2.05, 4.69) is 5.43 Å². The highest BCUT2D eigenvalue weighted by atomic mass is 16.5. The maximum Gasteiger partial charge on any atom is 0.337 e. The quantitative estimate of drug-likeness (QED) is 0.713. The van der Waals surface area contributed by atoms with Gasteiger partial charge in [0.1, 0.15) is 5.41 Å². The molecule has 0 aromatic heterocycles. The monoisotopic (exact) mass is 367 g/mol. The van der Waals surface area contributed by atoms with Crippen LogP contribution in [0.2, 0.25) is 0 Å². The second-order valence-electron chi connectivity index (χ2n) is 6.21. The Morgan fingerprint density at radius 3 is 1.96 bits per heavy atom. The number of nitrogens with two attached hydrogens (primary N) is 1. The number of hydrazine groups is 1. The van der Waals surface area contributed by atoms with Gasteiger partial charge in [0.05, 0.1) is 12.7 Å². The molecule has 0 spiro atoms. The number of nitrogens with one attached hydrogen (secondary N) is 1. The van der Waals surface area contributed by atoms with Gasteiger partial charge in [0, 0.05) is 5.70 Å². The molecular formula is C20H21N3O4. The number of methoxy groups -OCH3 is 1. The molecule has 1 heterocycles. The van der Waals surface area contributed by atoms with E-state index in [1.165, 1.54) is 12.1 Å². The Bertz CT molecular complexity index is 841. The number of benzene rings is 2. The SMILES string of the molecule is COC(=O)C1=C(C)N(NC(N)=O)C(O)C1(c1ccccc1)c1ccccc1. The fraction of sp³-hybridized carbons (Fsp3) is 0.200. The lowest BCUT2D eigenvalue weighted by atomic mass is 9.69. The van der Waals surface area contributed by atoms with Gasteiger partial charge in [-0.3, -0.25) is 5.01 Å². The molecule has 0 fully saturated rings. The highest BCUT2D eigenvalue weighted by Crippen LogP contribution is 2.49. The number of aliphatic hydroxyl groups excluding tert-OH is 1.